The van der Waals surface area contributed by atoms with Crippen molar-refractivity contribution >= 4 is 0 Å². The molecule has 1 aromatic rings. The predicted octanol–water partition coefficient (Wildman–Crippen LogP) is 3.12. The lowest BCUT2D eigenvalue weighted by Crippen LogP contribution is -2.25. The van der Waals surface area contributed by atoms with Crippen LogP contribution < -0.4 is 10.1 Å². The van der Waals surface area contributed by atoms with Crippen molar-refractivity contribution in [1.29, 1.82) is 0 Å². The summed E-state index contributed by atoms with van der Waals surface area (Å²) in [5, 5.41) is 3.28. The Labute approximate surface area is 117 Å². The van der Waals surface area contributed by atoms with Crippen LogP contribution in [0.4, 0.5) is 0 Å². The van der Waals surface area contributed by atoms with Crippen LogP contribution in [0.15, 0.2) is 18.2 Å². The first kappa shape index (κ1) is 16.0. The fourth-order valence-corrected chi connectivity index (χ4v) is 2.04. The standard InChI is InChI=1S/C16H27NO2/c1-5-18-10-8-17-9-11-19-15-6-7-16(13(2)3)14(4)12-15/h6-7,12-13,17H,5,8-11H2,1-4H3. The minimum absolute atomic E-state index is 0.564. The summed E-state index contributed by atoms with van der Waals surface area (Å²) >= 11 is 0. The molecule has 108 valence electrons. The maximum atomic E-state index is 5.72. The van der Waals surface area contributed by atoms with Gasteiger partial charge >= 0.3 is 0 Å². The van der Waals surface area contributed by atoms with Crippen molar-refractivity contribution in [3.8, 4) is 5.75 Å². The van der Waals surface area contributed by atoms with Crippen molar-refractivity contribution in [1.82, 2.24) is 5.32 Å². The molecule has 0 bridgehead atoms. The molecule has 0 amide bonds. The van der Waals surface area contributed by atoms with E-state index < -0.39 is 0 Å². The van der Waals surface area contributed by atoms with Crippen LogP contribution in [0.3, 0.4) is 0 Å². The summed E-state index contributed by atoms with van der Waals surface area (Å²) in [5.41, 5.74) is 2.69. The lowest BCUT2D eigenvalue weighted by atomic mass is 9.98. The SMILES string of the molecule is CCOCCNCCOc1ccc(C(C)C)c(C)c1. The lowest BCUT2D eigenvalue weighted by molar-refractivity contribution is 0.148. The van der Waals surface area contributed by atoms with Crippen LogP contribution in [0.5, 0.6) is 5.75 Å². The van der Waals surface area contributed by atoms with Crippen molar-refractivity contribution < 1.29 is 9.47 Å². The maximum Gasteiger partial charge on any atom is 0.119 e. The molecule has 19 heavy (non-hydrogen) atoms. The van der Waals surface area contributed by atoms with Gasteiger partial charge in [-0.2, -0.15) is 0 Å². The Morgan fingerprint density at radius 1 is 1.16 bits per heavy atom. The zero-order chi connectivity index (χ0) is 14.1. The highest BCUT2D eigenvalue weighted by atomic mass is 16.5. The Kier molecular flexibility index (Phi) is 7.53. The summed E-state index contributed by atoms with van der Waals surface area (Å²) in [7, 11) is 0. The molecule has 0 aromatic heterocycles. The van der Waals surface area contributed by atoms with E-state index in [2.05, 4.69) is 44.3 Å². The smallest absolute Gasteiger partial charge is 0.119 e. The van der Waals surface area contributed by atoms with Gasteiger partial charge in [-0.25, -0.2) is 0 Å². The molecule has 0 aliphatic rings. The summed E-state index contributed by atoms with van der Waals surface area (Å²) in [6, 6.07) is 6.34. The van der Waals surface area contributed by atoms with Crippen molar-refractivity contribution in [3.05, 3.63) is 29.3 Å². The van der Waals surface area contributed by atoms with Gasteiger partial charge in [-0.3, -0.25) is 0 Å². The highest BCUT2D eigenvalue weighted by molar-refractivity contribution is 5.36. The third-order valence-corrected chi connectivity index (χ3v) is 3.04. The van der Waals surface area contributed by atoms with Gasteiger partial charge in [0.2, 0.25) is 0 Å². The van der Waals surface area contributed by atoms with E-state index in [1.807, 2.05) is 6.92 Å². The molecule has 1 aromatic carbocycles. The minimum atomic E-state index is 0.564. The van der Waals surface area contributed by atoms with Crippen LogP contribution in [0.1, 0.15) is 37.8 Å². The Balaban J connectivity index is 2.25. The highest BCUT2D eigenvalue weighted by Crippen LogP contribution is 2.23. The molecule has 0 saturated heterocycles. The van der Waals surface area contributed by atoms with Crippen LogP contribution in [-0.4, -0.2) is 32.9 Å². The van der Waals surface area contributed by atoms with Gasteiger partial charge in [0.25, 0.3) is 0 Å². The Hall–Kier alpha value is -1.06. The first-order valence-corrected chi connectivity index (χ1v) is 7.17. The Morgan fingerprint density at radius 3 is 2.53 bits per heavy atom. The second-order valence-electron chi connectivity index (χ2n) is 4.97. The van der Waals surface area contributed by atoms with Crippen LogP contribution in [0, 0.1) is 6.92 Å². The molecule has 1 N–H and O–H groups in total. The zero-order valence-corrected chi connectivity index (χ0v) is 12.7. The molecular formula is C16H27NO2. The van der Waals surface area contributed by atoms with Gasteiger partial charge in [0.15, 0.2) is 0 Å². The predicted molar refractivity (Wildman–Crippen MR) is 80.1 cm³/mol. The first-order valence-electron chi connectivity index (χ1n) is 7.17. The third-order valence-electron chi connectivity index (χ3n) is 3.04. The lowest BCUT2D eigenvalue weighted by Gasteiger charge is -2.12. The van der Waals surface area contributed by atoms with E-state index >= 15 is 0 Å². The second-order valence-corrected chi connectivity index (χ2v) is 4.97. The topological polar surface area (TPSA) is 30.5 Å². The van der Waals surface area contributed by atoms with E-state index in [1.165, 1.54) is 11.1 Å². The van der Waals surface area contributed by atoms with E-state index in [0.29, 0.717) is 12.5 Å². The molecule has 0 saturated carbocycles. The van der Waals surface area contributed by atoms with E-state index in [9.17, 15) is 0 Å². The maximum absolute atomic E-state index is 5.72. The molecule has 0 spiro atoms. The van der Waals surface area contributed by atoms with Crippen LogP contribution in [-0.2, 0) is 4.74 Å². The molecule has 3 nitrogen and oxygen atoms in total. The van der Waals surface area contributed by atoms with Crippen LogP contribution >= 0.6 is 0 Å². The largest absolute Gasteiger partial charge is 0.492 e. The number of aryl methyl sites for hydroxylation is 1. The normalized spacial score (nSPS) is 11.0. The van der Waals surface area contributed by atoms with Gasteiger partial charge in [-0.15, -0.1) is 0 Å². The second kappa shape index (κ2) is 8.94. The summed E-state index contributed by atoms with van der Waals surface area (Å²) in [6.45, 7) is 12.5. The molecule has 0 aliphatic carbocycles. The summed E-state index contributed by atoms with van der Waals surface area (Å²) in [5.74, 6) is 1.52. The average molecular weight is 265 g/mol. The van der Waals surface area contributed by atoms with E-state index in [-0.39, 0.29) is 0 Å². The molecule has 0 unspecified atom stereocenters. The molecule has 1 rings (SSSR count). The van der Waals surface area contributed by atoms with E-state index in [4.69, 9.17) is 9.47 Å². The molecule has 0 aliphatic heterocycles. The van der Waals surface area contributed by atoms with Gasteiger partial charge < -0.3 is 14.8 Å². The zero-order valence-electron chi connectivity index (χ0n) is 12.7. The Morgan fingerprint density at radius 2 is 1.89 bits per heavy atom. The van der Waals surface area contributed by atoms with Gasteiger partial charge in [0, 0.05) is 19.7 Å². The molecule has 3 heteroatoms. The minimum Gasteiger partial charge on any atom is -0.492 e. The van der Waals surface area contributed by atoms with Gasteiger partial charge in [-0.1, -0.05) is 19.9 Å². The van der Waals surface area contributed by atoms with E-state index in [1.54, 1.807) is 0 Å². The summed E-state index contributed by atoms with van der Waals surface area (Å²) in [6.07, 6.45) is 0. The fraction of sp³-hybridized carbons (Fsp3) is 0.625. The van der Waals surface area contributed by atoms with Crippen molar-refractivity contribution in [2.24, 2.45) is 0 Å². The molecule has 0 radical (unpaired) electrons. The van der Waals surface area contributed by atoms with Crippen LogP contribution in [0.25, 0.3) is 0 Å². The number of hydrogen-bond donors (Lipinski definition) is 1. The Bertz CT molecular complexity index is 364. The van der Waals surface area contributed by atoms with Crippen molar-refractivity contribution in [3.63, 3.8) is 0 Å². The highest BCUT2D eigenvalue weighted by Gasteiger charge is 2.04. The monoisotopic (exact) mass is 265 g/mol. The summed E-state index contributed by atoms with van der Waals surface area (Å²) < 4.78 is 11.0. The molecular weight excluding hydrogens is 238 g/mol. The number of hydrogen-bond acceptors (Lipinski definition) is 3. The quantitative estimate of drug-likeness (QED) is 0.696. The van der Waals surface area contributed by atoms with Crippen molar-refractivity contribution in [2.45, 2.75) is 33.6 Å². The number of benzene rings is 1. The fourth-order valence-electron chi connectivity index (χ4n) is 2.04. The van der Waals surface area contributed by atoms with Crippen LogP contribution in [0.2, 0.25) is 0 Å². The third kappa shape index (κ3) is 6.08. The number of ether oxygens (including phenoxy) is 2. The number of rotatable bonds is 9. The average Bonchev–Trinajstić information content (AvgIpc) is 2.37. The van der Waals surface area contributed by atoms with Gasteiger partial charge in [0.05, 0.1) is 6.61 Å². The number of nitrogens with one attached hydrogen (secondary N) is 1. The molecule has 0 fully saturated rings. The van der Waals surface area contributed by atoms with Gasteiger partial charge in [-0.05, 0) is 43.0 Å². The summed E-state index contributed by atoms with van der Waals surface area (Å²) in [4.78, 5) is 0. The first-order chi connectivity index (χ1) is 9.15. The van der Waals surface area contributed by atoms with E-state index in [0.717, 1.165) is 32.1 Å². The van der Waals surface area contributed by atoms with Crippen molar-refractivity contribution in [2.75, 3.05) is 32.9 Å². The van der Waals surface area contributed by atoms with Gasteiger partial charge in [0.1, 0.15) is 12.4 Å². The molecule has 0 atom stereocenters. The molecule has 0 heterocycles.